The first-order chi connectivity index (χ1) is 9.49. The van der Waals surface area contributed by atoms with Crippen LogP contribution in [-0.4, -0.2) is 78.0 Å². The Morgan fingerprint density at radius 2 is 1.65 bits per heavy atom. The molecule has 20 heavy (non-hydrogen) atoms. The third kappa shape index (κ3) is 3.71. The van der Waals surface area contributed by atoms with Gasteiger partial charge < -0.3 is 10.6 Å². The van der Waals surface area contributed by atoms with Crippen molar-refractivity contribution in [2.45, 2.75) is 51.7 Å². The lowest BCUT2D eigenvalue weighted by Crippen LogP contribution is -2.53. The molecular weight excluding hydrogens is 252 g/mol. The van der Waals surface area contributed by atoms with Crippen molar-refractivity contribution in [3.63, 3.8) is 0 Å². The second-order valence-electron chi connectivity index (χ2n) is 6.47. The van der Waals surface area contributed by atoms with Crippen molar-refractivity contribution in [2.24, 2.45) is 5.73 Å². The normalized spacial score (nSPS) is 30.7. The molecule has 0 bridgehead atoms. The van der Waals surface area contributed by atoms with Gasteiger partial charge in [0.15, 0.2) is 0 Å². The quantitative estimate of drug-likeness (QED) is 0.808. The molecule has 116 valence electrons. The molecule has 2 aliphatic heterocycles. The fraction of sp³-hybridized carbons (Fsp3) is 0.933. The van der Waals surface area contributed by atoms with Crippen LogP contribution in [0.25, 0.3) is 0 Å². The number of amides is 1. The Kier molecular flexibility index (Phi) is 5.41. The van der Waals surface area contributed by atoms with E-state index in [2.05, 4.69) is 23.6 Å². The molecule has 5 heteroatoms. The maximum atomic E-state index is 11.8. The number of hydrogen-bond donors (Lipinski definition) is 1. The third-order valence-corrected chi connectivity index (χ3v) is 4.88. The lowest BCUT2D eigenvalue weighted by atomic mass is 10.2. The molecule has 0 radical (unpaired) electrons. The predicted molar refractivity (Wildman–Crippen MR) is 81.5 cm³/mol. The van der Waals surface area contributed by atoms with E-state index in [0.29, 0.717) is 0 Å². The number of rotatable bonds is 4. The molecule has 3 atom stereocenters. The summed E-state index contributed by atoms with van der Waals surface area (Å²) in [6.45, 7) is 12.3. The summed E-state index contributed by atoms with van der Waals surface area (Å²) in [6, 6.07) is 1.09. The zero-order chi connectivity index (χ0) is 14.7. The van der Waals surface area contributed by atoms with Crippen LogP contribution in [0.1, 0.15) is 33.6 Å². The van der Waals surface area contributed by atoms with Crippen molar-refractivity contribution in [1.82, 2.24) is 14.7 Å². The van der Waals surface area contributed by atoms with Gasteiger partial charge in [0.1, 0.15) is 0 Å². The maximum absolute atomic E-state index is 11.8. The van der Waals surface area contributed by atoms with Crippen LogP contribution >= 0.6 is 0 Å². The van der Waals surface area contributed by atoms with Gasteiger partial charge >= 0.3 is 0 Å². The Balaban J connectivity index is 1.71. The SMILES string of the molecule is CC1CCC(C)N1CCN1CCN(C(=O)[C@@H](C)N)CC1. The fourth-order valence-corrected chi connectivity index (χ4v) is 3.43. The summed E-state index contributed by atoms with van der Waals surface area (Å²) in [5, 5.41) is 0. The van der Waals surface area contributed by atoms with Gasteiger partial charge in [0, 0.05) is 51.4 Å². The third-order valence-electron chi connectivity index (χ3n) is 4.88. The first kappa shape index (κ1) is 15.7. The van der Waals surface area contributed by atoms with Crippen LogP contribution in [0.5, 0.6) is 0 Å². The van der Waals surface area contributed by atoms with Gasteiger partial charge in [-0.3, -0.25) is 14.6 Å². The van der Waals surface area contributed by atoms with Crippen LogP contribution in [-0.2, 0) is 4.79 Å². The van der Waals surface area contributed by atoms with Crippen LogP contribution in [0, 0.1) is 0 Å². The largest absolute Gasteiger partial charge is 0.339 e. The van der Waals surface area contributed by atoms with E-state index < -0.39 is 0 Å². The Morgan fingerprint density at radius 1 is 1.10 bits per heavy atom. The molecule has 0 aromatic heterocycles. The minimum Gasteiger partial charge on any atom is -0.339 e. The highest BCUT2D eigenvalue weighted by molar-refractivity contribution is 5.81. The van der Waals surface area contributed by atoms with Gasteiger partial charge in [0.05, 0.1) is 6.04 Å². The number of piperazine rings is 1. The number of carbonyl (C=O) groups excluding carboxylic acids is 1. The van der Waals surface area contributed by atoms with Gasteiger partial charge in [0.25, 0.3) is 0 Å². The van der Waals surface area contributed by atoms with Crippen molar-refractivity contribution in [3.8, 4) is 0 Å². The zero-order valence-corrected chi connectivity index (χ0v) is 13.2. The molecule has 1 amide bonds. The van der Waals surface area contributed by atoms with Crippen LogP contribution < -0.4 is 5.73 Å². The molecule has 2 saturated heterocycles. The molecule has 5 nitrogen and oxygen atoms in total. The molecule has 0 spiro atoms. The topological polar surface area (TPSA) is 52.8 Å². The van der Waals surface area contributed by atoms with E-state index in [1.807, 2.05) is 4.90 Å². The van der Waals surface area contributed by atoms with Gasteiger partial charge in [0.2, 0.25) is 5.91 Å². The molecule has 0 aromatic rings. The summed E-state index contributed by atoms with van der Waals surface area (Å²) < 4.78 is 0. The molecule has 2 fully saturated rings. The lowest BCUT2D eigenvalue weighted by Gasteiger charge is -2.37. The molecule has 2 heterocycles. The van der Waals surface area contributed by atoms with E-state index in [4.69, 9.17) is 5.73 Å². The summed E-state index contributed by atoms with van der Waals surface area (Å²) in [7, 11) is 0. The minimum atomic E-state index is -0.368. The van der Waals surface area contributed by atoms with Gasteiger partial charge in [-0.2, -0.15) is 0 Å². The van der Waals surface area contributed by atoms with E-state index in [1.54, 1.807) is 6.92 Å². The van der Waals surface area contributed by atoms with Gasteiger partial charge in [-0.05, 0) is 33.6 Å². The summed E-state index contributed by atoms with van der Waals surface area (Å²) in [6.07, 6.45) is 2.66. The molecule has 2 N–H and O–H groups in total. The highest BCUT2D eigenvalue weighted by Crippen LogP contribution is 2.22. The molecular formula is C15H30N4O. The van der Waals surface area contributed by atoms with Crippen LogP contribution in [0.15, 0.2) is 0 Å². The van der Waals surface area contributed by atoms with Crippen molar-refractivity contribution in [3.05, 3.63) is 0 Å². The van der Waals surface area contributed by atoms with Crippen molar-refractivity contribution < 1.29 is 4.79 Å². The van der Waals surface area contributed by atoms with Gasteiger partial charge in [-0.1, -0.05) is 0 Å². The first-order valence-corrected chi connectivity index (χ1v) is 8.01. The van der Waals surface area contributed by atoms with Gasteiger partial charge in [-0.25, -0.2) is 0 Å². The monoisotopic (exact) mass is 282 g/mol. The Hall–Kier alpha value is -0.650. The summed E-state index contributed by atoms with van der Waals surface area (Å²) >= 11 is 0. The predicted octanol–water partition coefficient (Wildman–Crippen LogP) is 0.351. The fourth-order valence-electron chi connectivity index (χ4n) is 3.43. The number of likely N-dealkylation sites (tertiary alicyclic amines) is 1. The number of nitrogens with two attached hydrogens (primary N) is 1. The highest BCUT2D eigenvalue weighted by Gasteiger charge is 2.28. The molecule has 0 aliphatic carbocycles. The van der Waals surface area contributed by atoms with E-state index in [9.17, 15) is 4.79 Å². The Bertz CT molecular complexity index is 316. The average molecular weight is 282 g/mol. The van der Waals surface area contributed by atoms with E-state index in [1.165, 1.54) is 12.8 Å². The van der Waals surface area contributed by atoms with Crippen LogP contribution in [0.4, 0.5) is 0 Å². The van der Waals surface area contributed by atoms with Crippen molar-refractivity contribution in [1.29, 1.82) is 0 Å². The maximum Gasteiger partial charge on any atom is 0.239 e. The zero-order valence-electron chi connectivity index (χ0n) is 13.2. The number of hydrogen-bond acceptors (Lipinski definition) is 4. The summed E-state index contributed by atoms with van der Waals surface area (Å²) in [4.78, 5) is 18.8. The minimum absolute atomic E-state index is 0.0893. The molecule has 0 saturated carbocycles. The summed E-state index contributed by atoms with van der Waals surface area (Å²) in [5.74, 6) is 0.0893. The molecule has 2 aliphatic rings. The van der Waals surface area contributed by atoms with Crippen LogP contribution in [0.3, 0.4) is 0 Å². The number of nitrogens with zero attached hydrogens (tertiary/aromatic N) is 3. The Labute approximate surface area is 123 Å². The standard InChI is InChI=1S/C15H30N4O/c1-12-4-5-13(2)19(12)11-8-17-6-9-18(10-7-17)15(20)14(3)16/h12-14H,4-11,16H2,1-3H3/t12?,13?,14-/m1/s1. The Morgan fingerprint density at radius 3 is 2.15 bits per heavy atom. The van der Waals surface area contributed by atoms with E-state index >= 15 is 0 Å². The van der Waals surface area contributed by atoms with Crippen molar-refractivity contribution in [2.75, 3.05) is 39.3 Å². The second-order valence-corrected chi connectivity index (χ2v) is 6.47. The highest BCUT2D eigenvalue weighted by atomic mass is 16.2. The lowest BCUT2D eigenvalue weighted by molar-refractivity contribution is -0.133. The average Bonchev–Trinajstić information content (AvgIpc) is 2.75. The van der Waals surface area contributed by atoms with Gasteiger partial charge in [-0.15, -0.1) is 0 Å². The molecule has 2 unspecified atom stereocenters. The van der Waals surface area contributed by atoms with E-state index in [0.717, 1.165) is 51.4 Å². The summed E-state index contributed by atoms with van der Waals surface area (Å²) in [5.41, 5.74) is 5.66. The van der Waals surface area contributed by atoms with Crippen molar-refractivity contribution >= 4 is 5.91 Å². The van der Waals surface area contributed by atoms with Crippen LogP contribution in [0.2, 0.25) is 0 Å². The smallest absolute Gasteiger partial charge is 0.239 e. The molecule has 0 aromatic carbocycles. The first-order valence-electron chi connectivity index (χ1n) is 8.01. The number of carbonyl (C=O) groups is 1. The van der Waals surface area contributed by atoms with E-state index in [-0.39, 0.29) is 11.9 Å². The molecule has 2 rings (SSSR count). The second kappa shape index (κ2) is 6.87.